The molecule has 1 atom stereocenters. The highest BCUT2D eigenvalue weighted by Gasteiger charge is 2.41. The highest BCUT2D eigenvalue weighted by molar-refractivity contribution is 6.08. The molecule has 1 heterocycles. The van der Waals surface area contributed by atoms with Crippen molar-refractivity contribution in [2.24, 2.45) is 0 Å². The molecule has 0 saturated carbocycles. The minimum atomic E-state index is -0.534. The van der Waals surface area contributed by atoms with E-state index in [-0.39, 0.29) is 11.4 Å². The summed E-state index contributed by atoms with van der Waals surface area (Å²) in [5.41, 5.74) is 2.20. The van der Waals surface area contributed by atoms with Crippen molar-refractivity contribution in [2.45, 2.75) is 46.1 Å². The first kappa shape index (κ1) is 19.2. The molecule has 0 saturated heterocycles. The van der Waals surface area contributed by atoms with Crippen molar-refractivity contribution in [1.29, 1.82) is 0 Å². The Kier molecular flexibility index (Phi) is 6.37. The molecule has 2 rings (SSSR count). The Morgan fingerprint density at radius 2 is 1.92 bits per heavy atom. The number of hydrogen-bond donors (Lipinski definition) is 1. The highest BCUT2D eigenvalue weighted by atomic mass is 16.5. The minimum Gasteiger partial charge on any atom is -0.503 e. The summed E-state index contributed by atoms with van der Waals surface area (Å²) in [4.78, 5) is 26.1. The van der Waals surface area contributed by atoms with Crippen molar-refractivity contribution in [3.63, 3.8) is 0 Å². The van der Waals surface area contributed by atoms with Crippen LogP contribution in [0.1, 0.15) is 57.2 Å². The van der Waals surface area contributed by atoms with Gasteiger partial charge in [0.1, 0.15) is 0 Å². The van der Waals surface area contributed by atoms with Gasteiger partial charge in [0.05, 0.1) is 11.6 Å². The number of hydrogen-bond acceptors (Lipinski definition) is 4. The molecule has 136 valence electrons. The first-order chi connectivity index (χ1) is 11.9. The molecule has 0 unspecified atom stereocenters. The molecule has 1 aliphatic heterocycles. The average molecular weight is 345 g/mol. The first-order valence-electron chi connectivity index (χ1n) is 8.81. The number of ketones is 1. The quantitative estimate of drug-likeness (QED) is 0.732. The monoisotopic (exact) mass is 345 g/mol. The fourth-order valence-corrected chi connectivity index (χ4v) is 3.13. The number of benzene rings is 1. The van der Waals surface area contributed by atoms with Gasteiger partial charge in [0.15, 0.2) is 11.5 Å². The molecule has 0 aromatic heterocycles. The van der Waals surface area contributed by atoms with Crippen molar-refractivity contribution in [3.05, 3.63) is 46.7 Å². The highest BCUT2D eigenvalue weighted by Crippen LogP contribution is 2.38. The van der Waals surface area contributed by atoms with Gasteiger partial charge in [-0.2, -0.15) is 0 Å². The molecule has 1 aromatic rings. The van der Waals surface area contributed by atoms with Crippen molar-refractivity contribution < 1.29 is 19.4 Å². The summed E-state index contributed by atoms with van der Waals surface area (Å²) in [7, 11) is 0. The Balaban J connectivity index is 2.32. The van der Waals surface area contributed by atoms with Crippen LogP contribution in [0.3, 0.4) is 0 Å². The molecule has 0 radical (unpaired) electrons. The Morgan fingerprint density at radius 1 is 1.28 bits per heavy atom. The second-order valence-electron chi connectivity index (χ2n) is 6.59. The predicted octanol–water partition coefficient (Wildman–Crippen LogP) is 3.52. The number of aliphatic hydroxyl groups is 1. The molecular formula is C20H27NO4. The van der Waals surface area contributed by atoms with E-state index in [1.165, 1.54) is 12.5 Å². The molecule has 1 aromatic carbocycles. The number of amides is 1. The normalized spacial score (nSPS) is 17.7. The number of nitrogens with zero attached hydrogens (tertiary/aromatic N) is 1. The Labute approximate surface area is 149 Å². The maximum atomic E-state index is 12.5. The van der Waals surface area contributed by atoms with Gasteiger partial charge in [0.25, 0.3) is 5.91 Å². The maximum absolute atomic E-state index is 12.5. The molecule has 0 fully saturated rings. The maximum Gasteiger partial charge on any atom is 0.290 e. The van der Waals surface area contributed by atoms with Gasteiger partial charge in [-0.1, -0.05) is 38.1 Å². The third-order valence-electron chi connectivity index (χ3n) is 4.49. The number of aliphatic hydroxyl groups excluding tert-OH is 1. The summed E-state index contributed by atoms with van der Waals surface area (Å²) in [6.45, 7) is 9.11. The topological polar surface area (TPSA) is 66.8 Å². The summed E-state index contributed by atoms with van der Waals surface area (Å²) >= 11 is 0. The molecule has 0 spiro atoms. The van der Waals surface area contributed by atoms with Gasteiger partial charge in [-0.3, -0.25) is 9.59 Å². The third kappa shape index (κ3) is 4.10. The second kappa shape index (κ2) is 8.30. The van der Waals surface area contributed by atoms with E-state index in [4.69, 9.17) is 4.74 Å². The second-order valence-corrected chi connectivity index (χ2v) is 6.59. The van der Waals surface area contributed by atoms with Crippen LogP contribution in [-0.4, -0.2) is 41.5 Å². The van der Waals surface area contributed by atoms with Crippen molar-refractivity contribution >= 4 is 11.7 Å². The zero-order valence-electron chi connectivity index (χ0n) is 15.4. The van der Waals surface area contributed by atoms with Crippen LogP contribution >= 0.6 is 0 Å². The Bertz CT molecular complexity index is 661. The molecule has 1 N–H and O–H groups in total. The molecule has 1 amide bonds. The van der Waals surface area contributed by atoms with E-state index < -0.39 is 17.7 Å². The molecule has 5 nitrogen and oxygen atoms in total. The Hall–Kier alpha value is -2.14. The van der Waals surface area contributed by atoms with E-state index in [0.717, 1.165) is 5.56 Å². The van der Waals surface area contributed by atoms with Crippen molar-refractivity contribution in [2.75, 3.05) is 19.8 Å². The number of rotatable bonds is 8. The zero-order chi connectivity index (χ0) is 18.6. The average Bonchev–Trinajstić information content (AvgIpc) is 2.83. The lowest BCUT2D eigenvalue weighted by molar-refractivity contribution is -0.129. The van der Waals surface area contributed by atoms with Crippen LogP contribution in [0.15, 0.2) is 35.6 Å². The summed E-state index contributed by atoms with van der Waals surface area (Å²) in [5, 5.41) is 10.2. The summed E-state index contributed by atoms with van der Waals surface area (Å²) < 4.78 is 5.33. The van der Waals surface area contributed by atoms with E-state index in [1.54, 1.807) is 4.90 Å². The van der Waals surface area contributed by atoms with Gasteiger partial charge in [-0.05, 0) is 37.3 Å². The van der Waals surface area contributed by atoms with E-state index in [1.807, 2.05) is 31.2 Å². The van der Waals surface area contributed by atoms with E-state index >= 15 is 0 Å². The van der Waals surface area contributed by atoms with Gasteiger partial charge in [-0.25, -0.2) is 0 Å². The molecule has 25 heavy (non-hydrogen) atoms. The van der Waals surface area contributed by atoms with E-state index in [0.29, 0.717) is 32.1 Å². The van der Waals surface area contributed by atoms with Gasteiger partial charge >= 0.3 is 0 Å². The van der Waals surface area contributed by atoms with E-state index in [9.17, 15) is 14.7 Å². The summed E-state index contributed by atoms with van der Waals surface area (Å²) in [6.07, 6.45) is 0.651. The number of Topliss-reactive ketones (excluding diaryl/α,β-unsaturated/α-hetero) is 1. The molecular weight excluding hydrogens is 318 g/mol. The SMILES string of the molecule is CCOCCCN1C(=O)C(O)=C(C(C)=O)[C@H]1c1ccc(C(C)C)cc1. The van der Waals surface area contributed by atoms with Crippen molar-refractivity contribution in [1.82, 2.24) is 4.90 Å². The van der Waals surface area contributed by atoms with Crippen LogP contribution < -0.4 is 0 Å². The van der Waals surface area contributed by atoms with Gasteiger partial charge < -0.3 is 14.7 Å². The van der Waals surface area contributed by atoms with E-state index in [2.05, 4.69) is 13.8 Å². The number of carbonyl (C=O) groups excluding carboxylic acids is 2. The van der Waals surface area contributed by atoms with Crippen LogP contribution in [0.4, 0.5) is 0 Å². The lowest BCUT2D eigenvalue weighted by atomic mass is 9.94. The van der Waals surface area contributed by atoms with Crippen molar-refractivity contribution in [3.8, 4) is 0 Å². The van der Waals surface area contributed by atoms with Crippen LogP contribution in [0.5, 0.6) is 0 Å². The predicted molar refractivity (Wildman–Crippen MR) is 96.4 cm³/mol. The summed E-state index contributed by atoms with van der Waals surface area (Å²) in [5.74, 6) is -0.796. The fraction of sp³-hybridized carbons (Fsp3) is 0.500. The standard InChI is InChI=1S/C20H27NO4/c1-5-25-12-6-11-21-18(17(14(4)22)19(23)20(21)24)16-9-7-15(8-10-16)13(2)3/h7-10,13,18,23H,5-6,11-12H2,1-4H3/t18-/m1/s1. The molecule has 0 bridgehead atoms. The molecule has 1 aliphatic rings. The third-order valence-corrected chi connectivity index (χ3v) is 4.49. The first-order valence-corrected chi connectivity index (χ1v) is 8.81. The Morgan fingerprint density at radius 3 is 2.44 bits per heavy atom. The molecule has 0 aliphatic carbocycles. The zero-order valence-corrected chi connectivity index (χ0v) is 15.4. The minimum absolute atomic E-state index is 0.179. The van der Waals surface area contributed by atoms with Crippen LogP contribution in [0, 0.1) is 0 Å². The van der Waals surface area contributed by atoms with Gasteiger partial charge in [0.2, 0.25) is 0 Å². The lowest BCUT2D eigenvalue weighted by Gasteiger charge is -2.27. The van der Waals surface area contributed by atoms with Crippen LogP contribution in [0.2, 0.25) is 0 Å². The smallest absolute Gasteiger partial charge is 0.290 e. The van der Waals surface area contributed by atoms with Crippen LogP contribution in [-0.2, 0) is 14.3 Å². The fourth-order valence-electron chi connectivity index (χ4n) is 3.13. The largest absolute Gasteiger partial charge is 0.503 e. The number of ether oxygens (including phenoxy) is 1. The lowest BCUT2D eigenvalue weighted by Crippen LogP contribution is -2.32. The van der Waals surface area contributed by atoms with Gasteiger partial charge in [-0.15, -0.1) is 0 Å². The summed E-state index contributed by atoms with van der Waals surface area (Å²) in [6, 6.07) is 7.36. The number of carbonyl (C=O) groups is 2. The van der Waals surface area contributed by atoms with Gasteiger partial charge in [0, 0.05) is 19.8 Å². The van der Waals surface area contributed by atoms with Crippen LogP contribution in [0.25, 0.3) is 0 Å². The molecule has 5 heteroatoms.